The third-order valence-corrected chi connectivity index (χ3v) is 6.29. The first-order valence-corrected chi connectivity index (χ1v) is 10.5. The molecule has 2 rings (SSSR count). The minimum absolute atomic E-state index is 0.00587. The fraction of sp³-hybridized carbons (Fsp3) is 0.611. The number of hydrogen-bond donors (Lipinski definition) is 1. The Kier molecular flexibility index (Phi) is 7.25. The minimum atomic E-state index is -3.13. The summed E-state index contributed by atoms with van der Waals surface area (Å²) in [7, 11) is -3.13. The average molecular weight is 368 g/mol. The van der Waals surface area contributed by atoms with Crippen LogP contribution in [-0.2, 0) is 21.2 Å². The van der Waals surface area contributed by atoms with Crippen molar-refractivity contribution in [2.45, 2.75) is 45.6 Å². The zero-order chi connectivity index (χ0) is 18.3. The molecular formula is C18H28N2O4S. The van der Waals surface area contributed by atoms with E-state index in [-0.39, 0.29) is 24.3 Å². The zero-order valence-electron chi connectivity index (χ0n) is 15.0. The summed E-state index contributed by atoms with van der Waals surface area (Å²) in [4.78, 5) is 12.0. The van der Waals surface area contributed by atoms with Gasteiger partial charge in [0.15, 0.2) is 6.61 Å². The van der Waals surface area contributed by atoms with Gasteiger partial charge in [-0.05, 0) is 43.9 Å². The van der Waals surface area contributed by atoms with Crippen molar-refractivity contribution in [2.75, 3.05) is 25.4 Å². The molecule has 1 fully saturated rings. The standard InChI is InChI=1S/C18H28N2O4S/c1-3-5-15-6-8-17(9-7-15)24-14-18(21)19-16-10-12-20(13-11-16)25(22,23)4-2/h6-9,16H,3-5,10-14H2,1-2H3,(H,19,21). The molecule has 0 unspecified atom stereocenters. The lowest BCUT2D eigenvalue weighted by Gasteiger charge is -2.31. The van der Waals surface area contributed by atoms with Crippen molar-refractivity contribution in [3.05, 3.63) is 29.8 Å². The molecule has 0 aliphatic carbocycles. The molecule has 0 saturated carbocycles. The first-order valence-electron chi connectivity index (χ1n) is 8.93. The number of aryl methyl sites for hydroxylation is 1. The third-order valence-electron chi connectivity index (χ3n) is 4.41. The second-order valence-corrected chi connectivity index (χ2v) is 8.58. The molecule has 140 valence electrons. The van der Waals surface area contributed by atoms with Crippen molar-refractivity contribution in [1.29, 1.82) is 0 Å². The van der Waals surface area contributed by atoms with Gasteiger partial charge >= 0.3 is 0 Å². The summed E-state index contributed by atoms with van der Waals surface area (Å²) in [5.41, 5.74) is 1.26. The normalized spacial score (nSPS) is 16.6. The number of sulfonamides is 1. The van der Waals surface area contributed by atoms with Crippen LogP contribution in [0.25, 0.3) is 0 Å². The molecule has 25 heavy (non-hydrogen) atoms. The van der Waals surface area contributed by atoms with E-state index in [0.29, 0.717) is 31.7 Å². The van der Waals surface area contributed by atoms with E-state index < -0.39 is 10.0 Å². The molecule has 0 spiro atoms. The predicted octanol–water partition coefficient (Wildman–Crippen LogP) is 1.95. The van der Waals surface area contributed by atoms with Gasteiger partial charge in [0.2, 0.25) is 10.0 Å². The van der Waals surface area contributed by atoms with Gasteiger partial charge in [0.1, 0.15) is 5.75 Å². The number of ether oxygens (including phenoxy) is 1. The summed E-state index contributed by atoms with van der Waals surface area (Å²) in [6, 6.07) is 7.80. The molecule has 6 nitrogen and oxygen atoms in total. The number of carbonyl (C=O) groups is 1. The Morgan fingerprint density at radius 1 is 1.20 bits per heavy atom. The number of nitrogens with zero attached hydrogens (tertiary/aromatic N) is 1. The van der Waals surface area contributed by atoms with E-state index in [4.69, 9.17) is 4.74 Å². The summed E-state index contributed by atoms with van der Waals surface area (Å²) < 4.78 is 30.7. The summed E-state index contributed by atoms with van der Waals surface area (Å²) >= 11 is 0. The van der Waals surface area contributed by atoms with E-state index in [1.54, 1.807) is 6.92 Å². The Bertz CT molecular complexity index is 650. The molecular weight excluding hydrogens is 340 g/mol. The van der Waals surface area contributed by atoms with Gasteiger partial charge in [-0.25, -0.2) is 12.7 Å². The van der Waals surface area contributed by atoms with Gasteiger partial charge < -0.3 is 10.1 Å². The number of benzene rings is 1. The van der Waals surface area contributed by atoms with Gasteiger partial charge in [-0.2, -0.15) is 0 Å². The third kappa shape index (κ3) is 6.01. The number of amides is 1. The van der Waals surface area contributed by atoms with Gasteiger partial charge in [0.05, 0.1) is 5.75 Å². The van der Waals surface area contributed by atoms with Crippen molar-refractivity contribution in [3.8, 4) is 5.75 Å². The van der Waals surface area contributed by atoms with Crippen molar-refractivity contribution < 1.29 is 17.9 Å². The number of hydrogen-bond acceptors (Lipinski definition) is 4. The quantitative estimate of drug-likeness (QED) is 0.761. The number of rotatable bonds is 8. The highest BCUT2D eigenvalue weighted by atomic mass is 32.2. The molecule has 0 bridgehead atoms. The first-order chi connectivity index (χ1) is 11.9. The maximum absolute atomic E-state index is 12.0. The predicted molar refractivity (Wildman–Crippen MR) is 98.1 cm³/mol. The van der Waals surface area contributed by atoms with Crippen molar-refractivity contribution >= 4 is 15.9 Å². The molecule has 1 amide bonds. The highest BCUT2D eigenvalue weighted by molar-refractivity contribution is 7.89. The fourth-order valence-electron chi connectivity index (χ4n) is 2.92. The van der Waals surface area contributed by atoms with Crippen LogP contribution in [-0.4, -0.2) is 50.1 Å². The van der Waals surface area contributed by atoms with Crippen LogP contribution in [0, 0.1) is 0 Å². The molecule has 1 aliphatic heterocycles. The molecule has 1 heterocycles. The van der Waals surface area contributed by atoms with E-state index >= 15 is 0 Å². The molecule has 1 saturated heterocycles. The first kappa shape index (κ1) is 19.7. The van der Waals surface area contributed by atoms with Gasteiger partial charge in [-0.15, -0.1) is 0 Å². The number of nitrogens with one attached hydrogen (secondary N) is 1. The van der Waals surface area contributed by atoms with Crippen LogP contribution in [0.1, 0.15) is 38.7 Å². The molecule has 7 heteroatoms. The second kappa shape index (κ2) is 9.20. The van der Waals surface area contributed by atoms with E-state index in [9.17, 15) is 13.2 Å². The zero-order valence-corrected chi connectivity index (χ0v) is 15.8. The summed E-state index contributed by atoms with van der Waals surface area (Å²) in [6.45, 7) is 4.68. The average Bonchev–Trinajstić information content (AvgIpc) is 2.62. The van der Waals surface area contributed by atoms with Crippen LogP contribution in [0.5, 0.6) is 5.75 Å². The molecule has 0 aromatic heterocycles. The Labute approximate surface area is 150 Å². The van der Waals surface area contributed by atoms with Crippen LogP contribution >= 0.6 is 0 Å². The van der Waals surface area contributed by atoms with E-state index in [0.717, 1.165) is 12.8 Å². The van der Waals surface area contributed by atoms with Crippen LogP contribution < -0.4 is 10.1 Å². The summed E-state index contributed by atoms with van der Waals surface area (Å²) in [6.07, 6.45) is 3.40. The Balaban J connectivity index is 1.72. The SMILES string of the molecule is CCCc1ccc(OCC(=O)NC2CCN(S(=O)(=O)CC)CC2)cc1. The molecule has 1 aliphatic rings. The maximum Gasteiger partial charge on any atom is 0.258 e. The lowest BCUT2D eigenvalue weighted by atomic mass is 10.1. The second-order valence-electron chi connectivity index (χ2n) is 6.32. The van der Waals surface area contributed by atoms with Crippen LogP contribution in [0.2, 0.25) is 0 Å². The molecule has 1 N–H and O–H groups in total. The largest absolute Gasteiger partial charge is 0.484 e. The van der Waals surface area contributed by atoms with E-state index in [1.165, 1.54) is 9.87 Å². The molecule has 1 aromatic carbocycles. The van der Waals surface area contributed by atoms with E-state index in [2.05, 4.69) is 12.2 Å². The van der Waals surface area contributed by atoms with Crippen LogP contribution in [0.4, 0.5) is 0 Å². The number of carbonyl (C=O) groups excluding carboxylic acids is 1. The maximum atomic E-state index is 12.0. The lowest BCUT2D eigenvalue weighted by molar-refractivity contribution is -0.124. The van der Waals surface area contributed by atoms with Gasteiger partial charge in [-0.3, -0.25) is 4.79 Å². The highest BCUT2D eigenvalue weighted by Gasteiger charge is 2.27. The summed E-state index contributed by atoms with van der Waals surface area (Å²) in [5, 5.41) is 2.93. The molecule has 0 radical (unpaired) electrons. The van der Waals surface area contributed by atoms with Crippen LogP contribution in [0.15, 0.2) is 24.3 Å². The Hall–Kier alpha value is -1.60. The van der Waals surface area contributed by atoms with E-state index in [1.807, 2.05) is 24.3 Å². The fourth-order valence-corrected chi connectivity index (χ4v) is 4.05. The van der Waals surface area contributed by atoms with Crippen LogP contribution in [0.3, 0.4) is 0 Å². The Morgan fingerprint density at radius 3 is 2.40 bits per heavy atom. The van der Waals surface area contributed by atoms with Crippen molar-refractivity contribution in [1.82, 2.24) is 9.62 Å². The molecule has 0 atom stereocenters. The highest BCUT2D eigenvalue weighted by Crippen LogP contribution is 2.15. The lowest BCUT2D eigenvalue weighted by Crippen LogP contribution is -2.47. The Morgan fingerprint density at radius 2 is 1.84 bits per heavy atom. The molecule has 1 aromatic rings. The smallest absolute Gasteiger partial charge is 0.258 e. The number of piperidine rings is 1. The van der Waals surface area contributed by atoms with Crippen molar-refractivity contribution in [2.24, 2.45) is 0 Å². The summed E-state index contributed by atoms with van der Waals surface area (Å²) in [5.74, 6) is 0.628. The van der Waals surface area contributed by atoms with Crippen molar-refractivity contribution in [3.63, 3.8) is 0 Å². The monoisotopic (exact) mass is 368 g/mol. The van der Waals surface area contributed by atoms with Gasteiger partial charge in [0, 0.05) is 19.1 Å². The minimum Gasteiger partial charge on any atom is -0.484 e. The van der Waals surface area contributed by atoms with Gasteiger partial charge in [0.25, 0.3) is 5.91 Å². The van der Waals surface area contributed by atoms with Gasteiger partial charge in [-0.1, -0.05) is 25.5 Å². The topological polar surface area (TPSA) is 75.7 Å².